The summed E-state index contributed by atoms with van der Waals surface area (Å²) >= 11 is 0. The molecule has 2 saturated heterocycles. The van der Waals surface area contributed by atoms with Crippen LogP contribution in [-0.2, 0) is 9.47 Å². The van der Waals surface area contributed by atoms with Crippen LogP contribution in [0.5, 0.6) is 0 Å². The van der Waals surface area contributed by atoms with Gasteiger partial charge in [0, 0.05) is 25.3 Å². The Balaban J connectivity index is 0.000000200. The van der Waals surface area contributed by atoms with Crippen LogP contribution in [0.2, 0.25) is 0 Å². The van der Waals surface area contributed by atoms with Crippen LogP contribution < -0.4 is 10.6 Å². The Labute approximate surface area is 181 Å². The van der Waals surface area contributed by atoms with Gasteiger partial charge in [0.25, 0.3) is 0 Å². The highest BCUT2D eigenvalue weighted by Crippen LogP contribution is 2.41. The highest BCUT2D eigenvalue weighted by Gasteiger charge is 2.42. The molecule has 2 heterocycles. The van der Waals surface area contributed by atoms with Crippen molar-refractivity contribution in [3.05, 3.63) is 0 Å². The third-order valence-electron chi connectivity index (χ3n) is 8.25. The SMILES string of the molecule is C.COCC1(C)CC2CCCCC2CN1.COCC1(C)NCCC2CCCCC21. The van der Waals surface area contributed by atoms with E-state index in [0.29, 0.717) is 0 Å². The number of methoxy groups -OCH3 is 2. The molecule has 0 spiro atoms. The summed E-state index contributed by atoms with van der Waals surface area (Å²) in [6, 6.07) is 0. The van der Waals surface area contributed by atoms with E-state index in [4.69, 9.17) is 9.47 Å². The van der Waals surface area contributed by atoms with Gasteiger partial charge >= 0.3 is 0 Å². The second-order valence-corrected chi connectivity index (χ2v) is 10.6. The van der Waals surface area contributed by atoms with E-state index in [1.54, 1.807) is 7.11 Å². The average Bonchev–Trinajstić information content (AvgIpc) is 2.69. The fourth-order valence-electron chi connectivity index (χ4n) is 6.80. The van der Waals surface area contributed by atoms with Crippen LogP contribution in [0.15, 0.2) is 0 Å². The lowest BCUT2D eigenvalue weighted by Gasteiger charge is -2.49. The van der Waals surface area contributed by atoms with Gasteiger partial charge in [0.15, 0.2) is 0 Å². The van der Waals surface area contributed by atoms with Crippen molar-refractivity contribution in [1.82, 2.24) is 10.6 Å². The standard InChI is InChI=1S/2C12H23NO.CH4/c1-12(9-14-2)7-10-5-3-4-6-11(10)8-13-12;1-12(9-14-2)11-6-4-3-5-10(11)7-8-13-12;/h2*10-11,13H,3-9H2,1-2H3;1H4. The quantitative estimate of drug-likeness (QED) is 0.683. The lowest BCUT2D eigenvalue weighted by molar-refractivity contribution is 0.0105. The average molecular weight is 411 g/mol. The van der Waals surface area contributed by atoms with Crippen LogP contribution in [0.1, 0.15) is 85.5 Å². The minimum absolute atomic E-state index is 0. The number of piperidine rings is 2. The minimum Gasteiger partial charge on any atom is -0.383 e. The van der Waals surface area contributed by atoms with Gasteiger partial charge < -0.3 is 20.1 Å². The minimum atomic E-state index is 0. The summed E-state index contributed by atoms with van der Waals surface area (Å²) in [5.74, 6) is 3.73. The van der Waals surface area contributed by atoms with Gasteiger partial charge in [-0.15, -0.1) is 0 Å². The fraction of sp³-hybridized carbons (Fsp3) is 1.00. The van der Waals surface area contributed by atoms with E-state index >= 15 is 0 Å². The molecule has 172 valence electrons. The summed E-state index contributed by atoms with van der Waals surface area (Å²) in [5.41, 5.74) is 0.491. The molecular formula is C25H50N2O2. The Morgan fingerprint density at radius 1 is 0.759 bits per heavy atom. The molecule has 2 aliphatic heterocycles. The van der Waals surface area contributed by atoms with Crippen molar-refractivity contribution in [2.24, 2.45) is 23.7 Å². The molecule has 4 heteroatoms. The zero-order valence-corrected chi connectivity index (χ0v) is 19.0. The van der Waals surface area contributed by atoms with Crippen molar-refractivity contribution in [2.45, 2.75) is 96.6 Å². The summed E-state index contributed by atoms with van der Waals surface area (Å²) in [6.07, 6.45) is 14.2. The monoisotopic (exact) mass is 410 g/mol. The predicted octanol–water partition coefficient (Wildman–Crippen LogP) is 5.02. The fourth-order valence-corrected chi connectivity index (χ4v) is 6.80. The summed E-state index contributed by atoms with van der Waals surface area (Å²) < 4.78 is 10.7. The second-order valence-electron chi connectivity index (χ2n) is 10.6. The highest BCUT2D eigenvalue weighted by atomic mass is 16.5. The number of nitrogens with one attached hydrogen (secondary N) is 2. The van der Waals surface area contributed by atoms with E-state index < -0.39 is 0 Å². The van der Waals surface area contributed by atoms with Gasteiger partial charge in [0.2, 0.25) is 0 Å². The molecule has 4 rings (SSSR count). The molecule has 2 aliphatic carbocycles. The van der Waals surface area contributed by atoms with Crippen LogP contribution in [0, 0.1) is 23.7 Å². The maximum Gasteiger partial charge on any atom is 0.0644 e. The van der Waals surface area contributed by atoms with Crippen molar-refractivity contribution >= 4 is 0 Å². The lowest BCUT2D eigenvalue weighted by atomic mass is 9.66. The van der Waals surface area contributed by atoms with Gasteiger partial charge in [-0.05, 0) is 76.3 Å². The summed E-state index contributed by atoms with van der Waals surface area (Å²) in [6.45, 7) is 8.77. The highest BCUT2D eigenvalue weighted by molar-refractivity contribution is 4.99. The molecule has 2 N–H and O–H groups in total. The van der Waals surface area contributed by atoms with E-state index in [2.05, 4.69) is 24.5 Å². The van der Waals surface area contributed by atoms with Gasteiger partial charge in [-0.1, -0.05) is 46.0 Å². The van der Waals surface area contributed by atoms with Crippen LogP contribution in [0.25, 0.3) is 0 Å². The zero-order valence-electron chi connectivity index (χ0n) is 19.0. The molecule has 0 bridgehead atoms. The van der Waals surface area contributed by atoms with Crippen LogP contribution >= 0.6 is 0 Å². The molecule has 4 nitrogen and oxygen atoms in total. The summed E-state index contributed by atoms with van der Waals surface area (Å²) in [5, 5.41) is 7.34. The van der Waals surface area contributed by atoms with Gasteiger partial charge in [-0.25, -0.2) is 0 Å². The van der Waals surface area contributed by atoms with Crippen molar-refractivity contribution in [1.29, 1.82) is 0 Å². The van der Waals surface area contributed by atoms with Crippen LogP contribution in [0.4, 0.5) is 0 Å². The first-order chi connectivity index (χ1) is 13.5. The molecule has 2 saturated carbocycles. The first-order valence-electron chi connectivity index (χ1n) is 12.0. The maximum absolute atomic E-state index is 5.37. The third-order valence-corrected chi connectivity index (χ3v) is 8.25. The van der Waals surface area contributed by atoms with E-state index in [0.717, 1.165) is 36.9 Å². The topological polar surface area (TPSA) is 42.5 Å². The molecule has 0 aromatic carbocycles. The number of hydrogen-bond donors (Lipinski definition) is 2. The van der Waals surface area contributed by atoms with E-state index in [1.807, 2.05) is 7.11 Å². The number of rotatable bonds is 4. The van der Waals surface area contributed by atoms with Gasteiger partial charge in [-0.3, -0.25) is 0 Å². The van der Waals surface area contributed by atoms with E-state index in [-0.39, 0.29) is 18.5 Å². The number of fused-ring (bicyclic) bond motifs is 2. The maximum atomic E-state index is 5.37. The Morgan fingerprint density at radius 2 is 1.38 bits per heavy atom. The number of hydrogen-bond acceptors (Lipinski definition) is 4. The molecule has 4 aliphatic rings. The van der Waals surface area contributed by atoms with Crippen molar-refractivity contribution in [2.75, 3.05) is 40.5 Å². The van der Waals surface area contributed by atoms with Crippen LogP contribution in [0.3, 0.4) is 0 Å². The van der Waals surface area contributed by atoms with Gasteiger partial charge in [-0.2, -0.15) is 0 Å². The van der Waals surface area contributed by atoms with E-state index in [1.165, 1.54) is 77.3 Å². The molecule has 6 unspecified atom stereocenters. The Bertz CT molecular complexity index is 466. The second kappa shape index (κ2) is 11.5. The molecule has 0 aromatic heterocycles. The van der Waals surface area contributed by atoms with Crippen molar-refractivity contribution in [3.8, 4) is 0 Å². The molecule has 4 fully saturated rings. The molecule has 0 radical (unpaired) electrons. The summed E-state index contributed by atoms with van der Waals surface area (Å²) in [7, 11) is 3.62. The first kappa shape index (κ1) is 25.1. The third kappa shape index (κ3) is 6.41. The Hall–Kier alpha value is -0.160. The molecule has 0 aromatic rings. The van der Waals surface area contributed by atoms with Gasteiger partial charge in [0.05, 0.1) is 13.2 Å². The van der Waals surface area contributed by atoms with Crippen molar-refractivity contribution < 1.29 is 9.47 Å². The Morgan fingerprint density at radius 3 is 2.07 bits per heavy atom. The molecule has 0 amide bonds. The predicted molar refractivity (Wildman–Crippen MR) is 123 cm³/mol. The van der Waals surface area contributed by atoms with Crippen LogP contribution in [-0.4, -0.2) is 51.6 Å². The zero-order chi connectivity index (χ0) is 20.0. The number of ether oxygens (including phenoxy) is 2. The first-order valence-corrected chi connectivity index (χ1v) is 12.0. The largest absolute Gasteiger partial charge is 0.383 e. The summed E-state index contributed by atoms with van der Waals surface area (Å²) in [4.78, 5) is 0. The molecular weight excluding hydrogens is 360 g/mol. The normalized spacial score (nSPS) is 41.8. The van der Waals surface area contributed by atoms with Gasteiger partial charge in [0.1, 0.15) is 0 Å². The lowest BCUT2D eigenvalue weighted by Crippen LogP contribution is -2.59. The smallest absolute Gasteiger partial charge is 0.0644 e. The molecule has 29 heavy (non-hydrogen) atoms. The van der Waals surface area contributed by atoms with E-state index in [9.17, 15) is 0 Å². The molecule has 6 atom stereocenters. The Kier molecular flexibility index (Phi) is 9.92. The van der Waals surface area contributed by atoms with Crippen molar-refractivity contribution in [3.63, 3.8) is 0 Å².